The first-order valence-electron chi connectivity index (χ1n) is 9.50. The molecule has 4 rings (SSSR count). The van der Waals surface area contributed by atoms with Crippen molar-refractivity contribution in [1.29, 1.82) is 0 Å². The van der Waals surface area contributed by atoms with Crippen molar-refractivity contribution in [1.82, 2.24) is 20.4 Å². The van der Waals surface area contributed by atoms with E-state index in [1.807, 2.05) is 24.3 Å². The normalized spacial score (nSPS) is 13.5. The van der Waals surface area contributed by atoms with Gasteiger partial charge in [-0.3, -0.25) is 0 Å². The van der Waals surface area contributed by atoms with Crippen LogP contribution in [0.3, 0.4) is 0 Å². The van der Waals surface area contributed by atoms with Gasteiger partial charge in [-0.15, -0.1) is 0 Å². The SMILES string of the molecule is CN(Cc1noc2c1CCCC2)C(=O)NCCCc1nc2ccccc2o1. The monoisotopic (exact) mass is 368 g/mol. The summed E-state index contributed by atoms with van der Waals surface area (Å²) in [5.74, 6) is 1.69. The highest BCUT2D eigenvalue weighted by Gasteiger charge is 2.21. The van der Waals surface area contributed by atoms with E-state index in [1.165, 1.54) is 5.56 Å². The van der Waals surface area contributed by atoms with Gasteiger partial charge in [0.15, 0.2) is 11.5 Å². The van der Waals surface area contributed by atoms with E-state index in [1.54, 1.807) is 11.9 Å². The van der Waals surface area contributed by atoms with Gasteiger partial charge >= 0.3 is 6.03 Å². The number of carbonyl (C=O) groups excluding carboxylic acids is 1. The van der Waals surface area contributed by atoms with Crippen molar-refractivity contribution < 1.29 is 13.7 Å². The van der Waals surface area contributed by atoms with Crippen LogP contribution in [0.25, 0.3) is 11.1 Å². The highest BCUT2D eigenvalue weighted by Crippen LogP contribution is 2.24. The Morgan fingerprint density at radius 3 is 3.00 bits per heavy atom. The second-order valence-electron chi connectivity index (χ2n) is 7.00. The lowest BCUT2D eigenvalue weighted by molar-refractivity contribution is 0.205. The fraction of sp³-hybridized carbons (Fsp3) is 0.450. The van der Waals surface area contributed by atoms with Crippen LogP contribution < -0.4 is 5.32 Å². The summed E-state index contributed by atoms with van der Waals surface area (Å²) in [6.07, 6.45) is 5.72. The average molecular weight is 368 g/mol. The van der Waals surface area contributed by atoms with E-state index >= 15 is 0 Å². The minimum atomic E-state index is -0.111. The zero-order chi connectivity index (χ0) is 18.6. The topological polar surface area (TPSA) is 84.4 Å². The number of aryl methyl sites for hydroxylation is 2. The van der Waals surface area contributed by atoms with Gasteiger partial charge in [-0.2, -0.15) is 0 Å². The number of carbonyl (C=O) groups is 1. The summed E-state index contributed by atoms with van der Waals surface area (Å²) < 4.78 is 11.1. The van der Waals surface area contributed by atoms with Crippen molar-refractivity contribution in [3.8, 4) is 0 Å². The number of urea groups is 1. The number of nitrogens with one attached hydrogen (secondary N) is 1. The molecular weight excluding hydrogens is 344 g/mol. The van der Waals surface area contributed by atoms with Crippen LogP contribution in [-0.2, 0) is 25.8 Å². The summed E-state index contributed by atoms with van der Waals surface area (Å²) in [5.41, 5.74) is 3.74. The third-order valence-electron chi connectivity index (χ3n) is 4.95. The standard InChI is InChI=1S/C20H24N4O3/c1-24(13-16-14-7-2-4-9-17(14)27-23-16)20(25)21-12-6-11-19-22-15-8-3-5-10-18(15)26-19/h3,5,8,10H,2,4,6-7,9,11-13H2,1H3,(H,21,25). The first-order chi connectivity index (χ1) is 13.2. The van der Waals surface area contributed by atoms with Crippen molar-refractivity contribution in [2.24, 2.45) is 0 Å². The smallest absolute Gasteiger partial charge is 0.317 e. The highest BCUT2D eigenvalue weighted by molar-refractivity contribution is 5.74. The molecule has 0 spiro atoms. The summed E-state index contributed by atoms with van der Waals surface area (Å²) in [6.45, 7) is 1.04. The van der Waals surface area contributed by atoms with Gasteiger partial charge in [0, 0.05) is 32.0 Å². The number of fused-ring (bicyclic) bond motifs is 2. The molecule has 1 N–H and O–H groups in total. The van der Waals surface area contributed by atoms with Crippen LogP contribution in [0.5, 0.6) is 0 Å². The molecule has 3 aromatic rings. The van der Waals surface area contributed by atoms with Crippen molar-refractivity contribution in [2.45, 2.75) is 45.1 Å². The second kappa shape index (κ2) is 7.82. The summed E-state index contributed by atoms with van der Waals surface area (Å²) in [7, 11) is 1.78. The predicted molar refractivity (Wildman–Crippen MR) is 100 cm³/mol. The van der Waals surface area contributed by atoms with E-state index in [0.29, 0.717) is 25.4 Å². The number of aromatic nitrogens is 2. The maximum absolute atomic E-state index is 12.3. The van der Waals surface area contributed by atoms with Gasteiger partial charge in [0.05, 0.1) is 6.54 Å². The molecule has 2 amide bonds. The number of rotatable bonds is 6. The zero-order valence-corrected chi connectivity index (χ0v) is 15.5. The predicted octanol–water partition coefficient (Wildman–Crippen LogP) is 3.47. The quantitative estimate of drug-likeness (QED) is 0.674. The molecular formula is C20H24N4O3. The summed E-state index contributed by atoms with van der Waals surface area (Å²) in [5, 5.41) is 7.10. The van der Waals surface area contributed by atoms with Gasteiger partial charge in [0.25, 0.3) is 0 Å². The lowest BCUT2D eigenvalue weighted by atomic mass is 9.96. The van der Waals surface area contributed by atoms with Gasteiger partial charge in [0.1, 0.15) is 17.0 Å². The van der Waals surface area contributed by atoms with Crippen LogP contribution in [0.4, 0.5) is 4.79 Å². The fourth-order valence-electron chi connectivity index (χ4n) is 3.47. The molecule has 0 aliphatic heterocycles. The Morgan fingerprint density at radius 1 is 1.26 bits per heavy atom. The maximum Gasteiger partial charge on any atom is 0.317 e. The number of benzene rings is 1. The zero-order valence-electron chi connectivity index (χ0n) is 15.5. The number of hydrogen-bond donors (Lipinski definition) is 1. The molecule has 0 saturated carbocycles. The Bertz CT molecular complexity index is 897. The molecule has 0 unspecified atom stereocenters. The number of oxazole rings is 1. The molecule has 27 heavy (non-hydrogen) atoms. The molecule has 1 aromatic carbocycles. The van der Waals surface area contributed by atoms with Gasteiger partial charge in [0.2, 0.25) is 0 Å². The first-order valence-corrected chi connectivity index (χ1v) is 9.50. The van der Waals surface area contributed by atoms with E-state index in [2.05, 4.69) is 15.5 Å². The molecule has 2 heterocycles. The van der Waals surface area contributed by atoms with E-state index in [-0.39, 0.29) is 6.03 Å². The number of amides is 2. The number of para-hydroxylation sites is 2. The highest BCUT2D eigenvalue weighted by atomic mass is 16.5. The minimum absolute atomic E-state index is 0.111. The Kier molecular flexibility index (Phi) is 5.09. The molecule has 7 heteroatoms. The largest absolute Gasteiger partial charge is 0.441 e. The van der Waals surface area contributed by atoms with Crippen molar-refractivity contribution in [3.05, 3.63) is 47.2 Å². The molecule has 0 bridgehead atoms. The van der Waals surface area contributed by atoms with Crippen LogP contribution in [0, 0.1) is 0 Å². The molecule has 0 radical (unpaired) electrons. The fourth-order valence-corrected chi connectivity index (χ4v) is 3.47. The van der Waals surface area contributed by atoms with Crippen LogP contribution in [0.2, 0.25) is 0 Å². The third-order valence-corrected chi connectivity index (χ3v) is 4.95. The lowest BCUT2D eigenvalue weighted by Crippen LogP contribution is -2.37. The average Bonchev–Trinajstić information content (AvgIpc) is 3.29. The van der Waals surface area contributed by atoms with Crippen LogP contribution in [0.1, 0.15) is 42.2 Å². The van der Waals surface area contributed by atoms with Crippen molar-refractivity contribution in [2.75, 3.05) is 13.6 Å². The molecule has 0 atom stereocenters. The lowest BCUT2D eigenvalue weighted by Gasteiger charge is -2.18. The van der Waals surface area contributed by atoms with E-state index < -0.39 is 0 Å². The maximum atomic E-state index is 12.3. The number of hydrogen-bond acceptors (Lipinski definition) is 5. The van der Waals surface area contributed by atoms with Crippen molar-refractivity contribution in [3.63, 3.8) is 0 Å². The van der Waals surface area contributed by atoms with E-state index in [0.717, 1.165) is 54.7 Å². The minimum Gasteiger partial charge on any atom is -0.441 e. The Labute approximate surface area is 157 Å². The molecule has 142 valence electrons. The summed E-state index contributed by atoms with van der Waals surface area (Å²) in [4.78, 5) is 18.4. The van der Waals surface area contributed by atoms with Crippen molar-refractivity contribution >= 4 is 17.1 Å². The van der Waals surface area contributed by atoms with Gasteiger partial charge in [-0.1, -0.05) is 17.3 Å². The molecule has 1 aliphatic rings. The molecule has 0 saturated heterocycles. The molecule has 2 aromatic heterocycles. The Hall–Kier alpha value is -2.83. The van der Waals surface area contributed by atoms with E-state index in [4.69, 9.17) is 8.94 Å². The van der Waals surface area contributed by atoms with Gasteiger partial charge in [-0.25, -0.2) is 9.78 Å². The van der Waals surface area contributed by atoms with Crippen LogP contribution in [0.15, 0.2) is 33.2 Å². The van der Waals surface area contributed by atoms with Crippen LogP contribution >= 0.6 is 0 Å². The summed E-state index contributed by atoms with van der Waals surface area (Å²) in [6, 6.07) is 7.60. The molecule has 7 nitrogen and oxygen atoms in total. The third kappa shape index (κ3) is 3.97. The van der Waals surface area contributed by atoms with Crippen LogP contribution in [-0.4, -0.2) is 34.7 Å². The van der Waals surface area contributed by atoms with Gasteiger partial charge in [-0.05, 0) is 37.8 Å². The Balaban J connectivity index is 1.23. The Morgan fingerprint density at radius 2 is 2.11 bits per heavy atom. The molecule has 1 aliphatic carbocycles. The van der Waals surface area contributed by atoms with E-state index in [9.17, 15) is 4.79 Å². The van der Waals surface area contributed by atoms with Gasteiger partial charge < -0.3 is 19.2 Å². The first kappa shape index (κ1) is 17.6. The molecule has 0 fully saturated rings. The number of nitrogens with zero attached hydrogens (tertiary/aromatic N) is 3. The second-order valence-corrected chi connectivity index (χ2v) is 7.00. The summed E-state index contributed by atoms with van der Waals surface area (Å²) >= 11 is 0.